The van der Waals surface area contributed by atoms with Gasteiger partial charge in [0.05, 0.1) is 18.3 Å². The molecule has 0 aromatic heterocycles. The number of aliphatic hydroxyl groups is 2. The van der Waals surface area contributed by atoms with E-state index in [4.69, 9.17) is 9.84 Å². The standard InChI is InChI=1S/C24H27NO4/c1-15(2)25(12-19(27)13-26)11-16-7-8-21-18(9-16)14-29-24(21)23-20-6-4-3-5-17(20)10-22(23)28/h3-9,15,19,26-27H,10-14H2,1-2H3/b24-23+/t19-/m0/s1. The fraction of sp³-hybridized carbons (Fsp3) is 0.375. The molecular formula is C24H27NO4. The summed E-state index contributed by atoms with van der Waals surface area (Å²) in [5.41, 5.74) is 5.92. The summed E-state index contributed by atoms with van der Waals surface area (Å²) in [6.07, 6.45) is -0.317. The van der Waals surface area contributed by atoms with Crippen molar-refractivity contribution < 1.29 is 19.7 Å². The second-order valence-corrected chi connectivity index (χ2v) is 8.10. The van der Waals surface area contributed by atoms with Crippen LogP contribution >= 0.6 is 0 Å². The summed E-state index contributed by atoms with van der Waals surface area (Å²) in [7, 11) is 0. The van der Waals surface area contributed by atoms with Crippen molar-refractivity contribution in [3.8, 4) is 0 Å². The number of benzene rings is 2. The first-order chi connectivity index (χ1) is 14.0. The van der Waals surface area contributed by atoms with Gasteiger partial charge in [-0.3, -0.25) is 9.69 Å². The zero-order valence-electron chi connectivity index (χ0n) is 16.9. The number of hydrogen-bond donors (Lipinski definition) is 2. The van der Waals surface area contributed by atoms with E-state index in [0.29, 0.717) is 37.4 Å². The van der Waals surface area contributed by atoms with Gasteiger partial charge in [-0.2, -0.15) is 0 Å². The molecule has 2 aromatic rings. The summed E-state index contributed by atoms with van der Waals surface area (Å²) in [5, 5.41) is 19.0. The lowest BCUT2D eigenvalue weighted by molar-refractivity contribution is -0.112. The molecule has 0 saturated heterocycles. The van der Waals surface area contributed by atoms with Gasteiger partial charge in [0.2, 0.25) is 0 Å². The van der Waals surface area contributed by atoms with Crippen LogP contribution in [0.15, 0.2) is 42.5 Å². The number of ketones is 1. The third-order valence-electron chi connectivity index (χ3n) is 5.70. The molecule has 4 rings (SSSR count). The van der Waals surface area contributed by atoms with Crippen LogP contribution in [0.25, 0.3) is 11.3 Å². The van der Waals surface area contributed by atoms with Gasteiger partial charge in [0, 0.05) is 36.7 Å². The molecule has 0 saturated carbocycles. The first-order valence-corrected chi connectivity index (χ1v) is 10.1. The minimum atomic E-state index is -0.750. The largest absolute Gasteiger partial charge is 0.487 e. The number of fused-ring (bicyclic) bond motifs is 2. The Morgan fingerprint density at radius 2 is 1.90 bits per heavy atom. The second kappa shape index (κ2) is 8.11. The fourth-order valence-corrected chi connectivity index (χ4v) is 4.12. The first-order valence-electron chi connectivity index (χ1n) is 10.1. The number of ether oxygens (including phenoxy) is 1. The molecule has 2 aliphatic rings. The van der Waals surface area contributed by atoms with Crippen molar-refractivity contribution in [3.63, 3.8) is 0 Å². The summed E-state index contributed by atoms with van der Waals surface area (Å²) in [5.74, 6) is 0.806. The Kier molecular flexibility index (Phi) is 5.54. The highest BCUT2D eigenvalue weighted by molar-refractivity contribution is 6.31. The summed E-state index contributed by atoms with van der Waals surface area (Å²) < 4.78 is 6.00. The maximum absolute atomic E-state index is 12.7. The third kappa shape index (κ3) is 3.86. The van der Waals surface area contributed by atoms with Crippen LogP contribution in [-0.4, -0.2) is 46.2 Å². The minimum Gasteiger partial charge on any atom is -0.487 e. The Balaban J connectivity index is 1.63. The van der Waals surface area contributed by atoms with Crippen molar-refractivity contribution in [2.75, 3.05) is 13.2 Å². The van der Waals surface area contributed by atoms with E-state index in [0.717, 1.165) is 27.8 Å². The van der Waals surface area contributed by atoms with Crippen molar-refractivity contribution in [1.29, 1.82) is 0 Å². The summed E-state index contributed by atoms with van der Waals surface area (Å²) in [6, 6.07) is 14.4. The molecule has 29 heavy (non-hydrogen) atoms. The Morgan fingerprint density at radius 1 is 1.10 bits per heavy atom. The SMILES string of the molecule is CC(C)N(Cc1ccc2c(c1)CO/C2=C1/C(=O)Cc2ccccc21)C[C@H](O)CO. The summed E-state index contributed by atoms with van der Waals surface area (Å²) in [4.78, 5) is 14.8. The Bertz CT molecular complexity index is 963. The zero-order valence-corrected chi connectivity index (χ0v) is 16.9. The smallest absolute Gasteiger partial charge is 0.171 e. The molecule has 2 aromatic carbocycles. The highest BCUT2D eigenvalue weighted by Crippen LogP contribution is 2.40. The molecule has 0 unspecified atom stereocenters. The number of nitrogens with zero attached hydrogens (tertiary/aromatic N) is 1. The molecule has 1 aliphatic carbocycles. The summed E-state index contributed by atoms with van der Waals surface area (Å²) in [6.45, 7) is 5.46. The third-order valence-corrected chi connectivity index (χ3v) is 5.70. The van der Waals surface area contributed by atoms with Crippen LogP contribution in [0.1, 0.15) is 41.7 Å². The molecule has 2 N–H and O–H groups in total. The number of hydrogen-bond acceptors (Lipinski definition) is 5. The van der Waals surface area contributed by atoms with Crippen molar-refractivity contribution in [1.82, 2.24) is 4.90 Å². The minimum absolute atomic E-state index is 0.113. The van der Waals surface area contributed by atoms with Gasteiger partial charge in [-0.25, -0.2) is 0 Å². The monoisotopic (exact) mass is 393 g/mol. The number of aliphatic hydroxyl groups excluding tert-OH is 2. The van der Waals surface area contributed by atoms with E-state index >= 15 is 0 Å². The van der Waals surface area contributed by atoms with Crippen LogP contribution in [0.5, 0.6) is 0 Å². The van der Waals surface area contributed by atoms with E-state index in [1.807, 2.05) is 30.3 Å². The molecule has 152 valence electrons. The van der Waals surface area contributed by atoms with E-state index < -0.39 is 6.10 Å². The van der Waals surface area contributed by atoms with Gasteiger partial charge in [-0.15, -0.1) is 0 Å². The second-order valence-electron chi connectivity index (χ2n) is 8.10. The van der Waals surface area contributed by atoms with Crippen LogP contribution in [0, 0.1) is 0 Å². The van der Waals surface area contributed by atoms with Gasteiger partial charge < -0.3 is 14.9 Å². The highest BCUT2D eigenvalue weighted by atomic mass is 16.5. The molecule has 1 atom stereocenters. The van der Waals surface area contributed by atoms with Gasteiger partial charge in [-0.05, 0) is 30.5 Å². The predicted octanol–water partition coefficient (Wildman–Crippen LogP) is 2.77. The molecule has 0 bridgehead atoms. The molecule has 5 heteroatoms. The number of carbonyl (C=O) groups excluding carboxylic acids is 1. The average Bonchev–Trinajstić information content (AvgIpc) is 3.26. The zero-order chi connectivity index (χ0) is 20.5. The molecular weight excluding hydrogens is 366 g/mol. The van der Waals surface area contributed by atoms with E-state index in [-0.39, 0.29) is 18.4 Å². The van der Waals surface area contributed by atoms with Crippen molar-refractivity contribution in [3.05, 3.63) is 70.3 Å². The molecule has 0 fully saturated rings. The molecule has 1 heterocycles. The van der Waals surface area contributed by atoms with E-state index in [1.54, 1.807) is 0 Å². The normalized spacial score (nSPS) is 18.9. The van der Waals surface area contributed by atoms with Gasteiger partial charge >= 0.3 is 0 Å². The average molecular weight is 393 g/mol. The lowest BCUT2D eigenvalue weighted by Crippen LogP contribution is -2.38. The Morgan fingerprint density at radius 3 is 2.66 bits per heavy atom. The van der Waals surface area contributed by atoms with Gasteiger partial charge in [0.1, 0.15) is 12.4 Å². The highest BCUT2D eigenvalue weighted by Gasteiger charge is 2.32. The fourth-order valence-electron chi connectivity index (χ4n) is 4.12. The predicted molar refractivity (Wildman–Crippen MR) is 112 cm³/mol. The molecule has 5 nitrogen and oxygen atoms in total. The first kappa shape index (κ1) is 19.8. The van der Waals surface area contributed by atoms with Crippen LogP contribution in [0.2, 0.25) is 0 Å². The topological polar surface area (TPSA) is 70.0 Å². The van der Waals surface area contributed by atoms with Gasteiger partial charge in [-0.1, -0.05) is 42.5 Å². The van der Waals surface area contributed by atoms with Crippen molar-refractivity contribution in [2.45, 2.75) is 45.6 Å². The number of Topliss-reactive ketones (excluding diaryl/α,β-unsaturated/α-hetero) is 1. The maximum Gasteiger partial charge on any atom is 0.171 e. The van der Waals surface area contributed by atoms with Gasteiger partial charge in [0.25, 0.3) is 0 Å². The lowest BCUT2D eigenvalue weighted by atomic mass is 9.99. The lowest BCUT2D eigenvalue weighted by Gasteiger charge is -2.28. The van der Waals surface area contributed by atoms with Crippen molar-refractivity contribution >= 4 is 17.1 Å². The number of carbonyl (C=O) groups is 1. The summed E-state index contributed by atoms with van der Waals surface area (Å²) >= 11 is 0. The molecule has 0 radical (unpaired) electrons. The van der Waals surface area contributed by atoms with Gasteiger partial charge in [0.15, 0.2) is 5.78 Å². The maximum atomic E-state index is 12.7. The van der Waals surface area contributed by atoms with E-state index in [1.165, 1.54) is 0 Å². The number of rotatable bonds is 6. The van der Waals surface area contributed by atoms with Crippen molar-refractivity contribution in [2.24, 2.45) is 0 Å². The van der Waals surface area contributed by atoms with Crippen LogP contribution in [-0.2, 0) is 29.1 Å². The Labute approximate surface area is 171 Å². The molecule has 0 spiro atoms. The van der Waals surface area contributed by atoms with Crippen LogP contribution < -0.4 is 0 Å². The quantitative estimate of drug-likeness (QED) is 0.739. The van der Waals surface area contributed by atoms with Crippen LogP contribution in [0.3, 0.4) is 0 Å². The molecule has 1 aliphatic heterocycles. The number of allylic oxidation sites excluding steroid dienone is 1. The van der Waals surface area contributed by atoms with Crippen LogP contribution in [0.4, 0.5) is 0 Å². The Hall–Kier alpha value is -2.47. The molecule has 0 amide bonds. The van der Waals surface area contributed by atoms with E-state index in [2.05, 4.69) is 30.9 Å². The van der Waals surface area contributed by atoms with E-state index in [9.17, 15) is 9.90 Å².